The van der Waals surface area contributed by atoms with Crippen molar-refractivity contribution >= 4 is 22.7 Å². The lowest BCUT2D eigenvalue weighted by Crippen LogP contribution is -2.42. The first kappa shape index (κ1) is 22.7. The van der Waals surface area contributed by atoms with Crippen LogP contribution in [0.5, 0.6) is 0 Å². The number of nitrogens with one attached hydrogen (secondary N) is 2. The molecule has 0 bridgehead atoms. The number of para-hydroxylation sites is 2. The van der Waals surface area contributed by atoms with Crippen LogP contribution in [0.4, 0.5) is 0 Å². The van der Waals surface area contributed by atoms with Crippen molar-refractivity contribution in [2.45, 2.75) is 6.92 Å². The lowest BCUT2D eigenvalue weighted by atomic mass is 10.0. The summed E-state index contributed by atoms with van der Waals surface area (Å²) in [6.07, 6.45) is 0. The van der Waals surface area contributed by atoms with E-state index in [1.54, 1.807) is 36.4 Å². The number of rotatable bonds is 4. The van der Waals surface area contributed by atoms with Crippen molar-refractivity contribution in [3.63, 3.8) is 0 Å². The Labute approximate surface area is 206 Å². The summed E-state index contributed by atoms with van der Waals surface area (Å²) in [5, 5.41) is 4.78. The first-order valence-corrected chi connectivity index (χ1v) is 11.2. The van der Waals surface area contributed by atoms with Gasteiger partial charge in [0.2, 0.25) is 0 Å². The van der Waals surface area contributed by atoms with Crippen molar-refractivity contribution in [1.82, 2.24) is 25.6 Å². The third-order valence-electron chi connectivity index (χ3n) is 5.63. The molecule has 0 atom stereocenters. The zero-order valence-electron chi connectivity index (χ0n) is 19.3. The van der Waals surface area contributed by atoms with Crippen molar-refractivity contribution in [2.75, 3.05) is 0 Å². The fourth-order valence-electron chi connectivity index (χ4n) is 3.77. The van der Waals surface area contributed by atoms with Crippen molar-refractivity contribution < 1.29 is 9.59 Å². The molecule has 0 fully saturated rings. The van der Waals surface area contributed by atoms with E-state index in [9.17, 15) is 14.4 Å². The number of aryl methyl sites for hydroxylation is 1. The second kappa shape index (κ2) is 9.63. The van der Waals surface area contributed by atoms with Crippen LogP contribution in [-0.2, 0) is 0 Å². The largest absolute Gasteiger partial charge is 0.290 e. The molecule has 2 aromatic heterocycles. The minimum absolute atomic E-state index is 0.0290. The van der Waals surface area contributed by atoms with Crippen LogP contribution in [0.25, 0.3) is 27.8 Å². The highest BCUT2D eigenvalue weighted by molar-refractivity contribution is 6.08. The number of fused-ring (bicyclic) bond motifs is 1. The van der Waals surface area contributed by atoms with Gasteiger partial charge in [-0.05, 0) is 37.3 Å². The number of hydrogen-bond donors (Lipinski definition) is 2. The molecule has 5 rings (SSSR count). The van der Waals surface area contributed by atoms with Crippen molar-refractivity contribution in [3.05, 3.63) is 124 Å². The number of benzene rings is 3. The van der Waals surface area contributed by atoms with Gasteiger partial charge in [-0.3, -0.25) is 25.2 Å². The van der Waals surface area contributed by atoms with Gasteiger partial charge in [-0.1, -0.05) is 66.2 Å². The fourth-order valence-corrected chi connectivity index (χ4v) is 3.77. The average Bonchev–Trinajstić information content (AvgIpc) is 2.92. The van der Waals surface area contributed by atoms with Gasteiger partial charge in [-0.25, -0.2) is 4.98 Å². The highest BCUT2D eigenvalue weighted by Gasteiger charge is 2.16. The summed E-state index contributed by atoms with van der Waals surface area (Å²) in [6.45, 7) is 2.00. The lowest BCUT2D eigenvalue weighted by molar-refractivity contribution is 0.0844. The Balaban J connectivity index is 1.41. The number of amides is 2. The molecule has 0 saturated carbocycles. The van der Waals surface area contributed by atoms with Gasteiger partial charge in [0.15, 0.2) is 5.69 Å². The smallest absolute Gasteiger partial charge is 0.267 e. The van der Waals surface area contributed by atoms with E-state index in [-0.39, 0.29) is 11.3 Å². The van der Waals surface area contributed by atoms with Gasteiger partial charge in [0, 0.05) is 17.0 Å². The number of nitrogens with zero attached hydrogens (tertiary/aromatic N) is 3. The Hall–Kier alpha value is -5.11. The van der Waals surface area contributed by atoms with E-state index in [2.05, 4.69) is 16.0 Å². The molecule has 0 unspecified atom stereocenters. The highest BCUT2D eigenvalue weighted by atomic mass is 16.2. The van der Waals surface area contributed by atoms with Crippen LogP contribution >= 0.6 is 0 Å². The van der Waals surface area contributed by atoms with Crippen LogP contribution in [0.3, 0.4) is 0 Å². The van der Waals surface area contributed by atoms with Crippen molar-refractivity contribution in [1.29, 1.82) is 0 Å². The Morgan fingerprint density at radius 2 is 1.47 bits per heavy atom. The van der Waals surface area contributed by atoms with E-state index in [4.69, 9.17) is 4.98 Å². The zero-order chi connectivity index (χ0) is 25.1. The number of pyridine rings is 1. The normalized spacial score (nSPS) is 10.7. The van der Waals surface area contributed by atoms with Gasteiger partial charge >= 0.3 is 0 Å². The van der Waals surface area contributed by atoms with Crippen LogP contribution in [0.1, 0.15) is 26.4 Å². The molecule has 2 N–H and O–H groups in total. The number of carbonyl (C=O) groups excluding carboxylic acids is 2. The summed E-state index contributed by atoms with van der Waals surface area (Å²) in [5.41, 5.74) is 8.61. The first-order valence-electron chi connectivity index (χ1n) is 11.2. The Bertz CT molecular complexity index is 1640. The molecule has 3 aromatic carbocycles. The molecule has 8 nitrogen and oxygen atoms in total. The number of hydrogen-bond acceptors (Lipinski definition) is 5. The molecule has 0 spiro atoms. The average molecular weight is 476 g/mol. The van der Waals surface area contributed by atoms with Gasteiger partial charge in [-0.2, -0.15) is 9.78 Å². The molecule has 2 amide bonds. The van der Waals surface area contributed by atoms with Crippen molar-refractivity contribution in [2.24, 2.45) is 0 Å². The third kappa shape index (κ3) is 4.60. The summed E-state index contributed by atoms with van der Waals surface area (Å²) >= 11 is 0. The molecule has 0 aliphatic heterocycles. The predicted molar refractivity (Wildman–Crippen MR) is 137 cm³/mol. The zero-order valence-corrected chi connectivity index (χ0v) is 19.3. The third-order valence-corrected chi connectivity index (χ3v) is 5.63. The second-order valence-electron chi connectivity index (χ2n) is 8.15. The monoisotopic (exact) mass is 475 g/mol. The van der Waals surface area contributed by atoms with E-state index in [1.807, 2.05) is 55.5 Å². The molecule has 0 radical (unpaired) electrons. The lowest BCUT2D eigenvalue weighted by Gasteiger charge is -2.12. The van der Waals surface area contributed by atoms with Crippen LogP contribution in [0.15, 0.2) is 102 Å². The summed E-state index contributed by atoms with van der Waals surface area (Å²) in [4.78, 5) is 42.8. The molecule has 176 valence electrons. The summed E-state index contributed by atoms with van der Waals surface area (Å²) < 4.78 is 1.13. The Kier molecular flexibility index (Phi) is 6.07. The maximum absolute atomic E-state index is 13.1. The molecule has 0 saturated heterocycles. The van der Waals surface area contributed by atoms with E-state index in [0.29, 0.717) is 27.8 Å². The molecular weight excluding hydrogens is 454 g/mol. The van der Waals surface area contributed by atoms with Gasteiger partial charge in [0.05, 0.1) is 22.5 Å². The minimum atomic E-state index is -0.662. The Morgan fingerprint density at radius 1 is 0.778 bits per heavy atom. The van der Waals surface area contributed by atoms with Gasteiger partial charge < -0.3 is 0 Å². The maximum Gasteiger partial charge on any atom is 0.290 e. The summed E-state index contributed by atoms with van der Waals surface area (Å²) in [7, 11) is 0. The van der Waals surface area contributed by atoms with E-state index >= 15 is 0 Å². The minimum Gasteiger partial charge on any atom is -0.267 e. The Morgan fingerprint density at radius 3 is 2.25 bits per heavy atom. The van der Waals surface area contributed by atoms with Gasteiger partial charge in [0.25, 0.3) is 17.4 Å². The van der Waals surface area contributed by atoms with Crippen LogP contribution in [-0.4, -0.2) is 26.6 Å². The maximum atomic E-state index is 13.1. The van der Waals surface area contributed by atoms with Crippen LogP contribution < -0.4 is 16.4 Å². The molecule has 0 aliphatic rings. The second-order valence-corrected chi connectivity index (χ2v) is 8.15. The number of aromatic nitrogens is 3. The molecule has 5 aromatic rings. The molecule has 0 aliphatic carbocycles. The predicted octanol–water partition coefficient (Wildman–Crippen LogP) is 3.83. The fraction of sp³-hybridized carbons (Fsp3) is 0.0357. The van der Waals surface area contributed by atoms with E-state index in [1.165, 1.54) is 12.1 Å². The number of carbonyl (C=O) groups is 2. The first-order chi connectivity index (χ1) is 17.5. The molecule has 8 heteroatoms. The molecule has 2 heterocycles. The van der Waals surface area contributed by atoms with Crippen LogP contribution in [0, 0.1) is 6.92 Å². The molecular formula is C28H21N5O3. The van der Waals surface area contributed by atoms with Crippen molar-refractivity contribution in [3.8, 4) is 16.9 Å². The topological polar surface area (TPSA) is 106 Å². The van der Waals surface area contributed by atoms with E-state index in [0.717, 1.165) is 15.8 Å². The highest BCUT2D eigenvalue weighted by Crippen LogP contribution is 2.25. The van der Waals surface area contributed by atoms with Gasteiger partial charge in [-0.15, -0.1) is 0 Å². The number of hydrazine groups is 1. The van der Waals surface area contributed by atoms with E-state index < -0.39 is 11.8 Å². The van der Waals surface area contributed by atoms with Crippen LogP contribution in [0.2, 0.25) is 0 Å². The standard InChI is InChI=1S/C28H21N5O3/c1-18-11-13-19(14-12-18)25-17-22(21-9-5-6-10-23(21)29-25)27(35)30-31-28(36)24-15-16-26(34)33(32-24)20-7-3-2-4-8-20/h2-17H,1H3,(H,30,35)(H,31,36). The molecule has 36 heavy (non-hydrogen) atoms. The summed E-state index contributed by atoms with van der Waals surface area (Å²) in [6, 6.07) is 28.2. The van der Waals surface area contributed by atoms with Gasteiger partial charge in [0.1, 0.15) is 0 Å². The SMILES string of the molecule is Cc1ccc(-c2cc(C(=O)NNC(=O)c3ccc(=O)n(-c4ccccc4)n3)c3ccccc3n2)cc1. The quantitative estimate of drug-likeness (QED) is 0.384. The summed E-state index contributed by atoms with van der Waals surface area (Å²) in [5.74, 6) is -1.17.